The molecular weight excluding hydrogens is 395 g/mol. The van der Waals surface area contributed by atoms with Crippen LogP contribution in [0.15, 0.2) is 22.3 Å². The van der Waals surface area contributed by atoms with E-state index in [2.05, 4.69) is 46.4 Å². The quantitative estimate of drug-likeness (QED) is 0.120. The Bertz CT molecular complexity index is 294. The van der Waals surface area contributed by atoms with E-state index >= 15 is 0 Å². The van der Waals surface area contributed by atoms with Gasteiger partial charge in [0.05, 0.1) is 0 Å². The molecule has 0 N–H and O–H groups in total. The van der Waals surface area contributed by atoms with Crippen LogP contribution in [0, 0.1) is 0 Å². The van der Waals surface area contributed by atoms with Crippen molar-refractivity contribution in [1.82, 2.24) is 0 Å². The fraction of sp³-hybridized carbons (Fsp3) is 0.826. The second kappa shape index (κ2) is 16.7. The maximum atomic E-state index is 3.99. The van der Waals surface area contributed by atoms with Crippen LogP contribution in [0.4, 0.5) is 0 Å². The standard InChI is InChI=1S/C11H19.3C4H9.Sn/c1-3-5-7-9-11-10-8-6-4-2;3*1-3-4-2;/h3,7H,1,4-6,8,10-11H2,2H3;3*1,3-4H2,2H3;. The normalized spacial score (nSPS) is 12.6. The summed E-state index contributed by atoms with van der Waals surface area (Å²) < 4.78 is 6.84. The second-order valence-electron chi connectivity index (χ2n) is 7.66. The summed E-state index contributed by atoms with van der Waals surface area (Å²) in [4.78, 5) is 0. The van der Waals surface area contributed by atoms with Gasteiger partial charge in [-0.25, -0.2) is 0 Å². The summed E-state index contributed by atoms with van der Waals surface area (Å²) in [5, 5.41) is 0. The topological polar surface area (TPSA) is 0 Å². The van der Waals surface area contributed by atoms with E-state index in [1.54, 1.807) is 13.3 Å². The zero-order chi connectivity index (χ0) is 18.1. The number of rotatable bonds is 17. The van der Waals surface area contributed by atoms with Crippen LogP contribution in [0.25, 0.3) is 0 Å². The molecule has 0 aromatic rings. The Hall–Kier alpha value is 0.279. The molecule has 1 heteroatoms. The molecule has 0 fully saturated rings. The maximum absolute atomic E-state index is 3.99. The molecule has 0 radical (unpaired) electrons. The molecular formula is C23H46Sn. The third-order valence-electron chi connectivity index (χ3n) is 5.54. The van der Waals surface area contributed by atoms with Gasteiger partial charge in [0, 0.05) is 0 Å². The molecule has 0 heterocycles. The Labute approximate surface area is 158 Å². The number of hydrogen-bond donors (Lipinski definition) is 0. The van der Waals surface area contributed by atoms with Crippen LogP contribution in [0.3, 0.4) is 0 Å². The van der Waals surface area contributed by atoms with Crippen LogP contribution in [0.5, 0.6) is 0 Å². The molecule has 0 spiro atoms. The van der Waals surface area contributed by atoms with Gasteiger partial charge >= 0.3 is 159 Å². The molecule has 0 aliphatic rings. The summed E-state index contributed by atoms with van der Waals surface area (Å²) in [7, 11) is 0. The summed E-state index contributed by atoms with van der Waals surface area (Å²) in [5.41, 5.74) is 0. The van der Waals surface area contributed by atoms with E-state index in [-0.39, 0.29) is 0 Å². The first kappa shape index (κ1) is 24.3. The first-order valence-electron chi connectivity index (χ1n) is 11.0. The van der Waals surface area contributed by atoms with Crippen LogP contribution in [-0.4, -0.2) is 18.4 Å². The molecule has 0 saturated heterocycles. The fourth-order valence-corrected chi connectivity index (χ4v) is 21.3. The van der Waals surface area contributed by atoms with Crippen molar-refractivity contribution in [2.45, 2.75) is 118 Å². The zero-order valence-corrected chi connectivity index (χ0v) is 20.3. The van der Waals surface area contributed by atoms with Crippen LogP contribution >= 0.6 is 0 Å². The molecule has 0 aliphatic heterocycles. The SMILES string of the molecule is C=CC/C=[C](/CCCCCC)[Sn]([CH2]CCC)([CH2]CCC)[CH2]CCC. The van der Waals surface area contributed by atoms with Gasteiger partial charge in [-0.15, -0.1) is 0 Å². The van der Waals surface area contributed by atoms with Crippen molar-refractivity contribution < 1.29 is 0 Å². The van der Waals surface area contributed by atoms with E-state index < -0.39 is 18.4 Å². The van der Waals surface area contributed by atoms with Crippen molar-refractivity contribution in [3.63, 3.8) is 0 Å². The van der Waals surface area contributed by atoms with Gasteiger partial charge in [-0.1, -0.05) is 0 Å². The molecule has 0 aliphatic carbocycles. The molecule has 0 unspecified atom stereocenters. The van der Waals surface area contributed by atoms with E-state index in [1.165, 1.54) is 70.6 Å². The molecule has 0 bridgehead atoms. The Morgan fingerprint density at radius 3 is 1.62 bits per heavy atom. The molecule has 0 rings (SSSR count). The van der Waals surface area contributed by atoms with Crippen molar-refractivity contribution in [2.24, 2.45) is 0 Å². The Morgan fingerprint density at radius 2 is 1.21 bits per heavy atom. The van der Waals surface area contributed by atoms with Crippen molar-refractivity contribution in [2.75, 3.05) is 0 Å². The molecule has 0 amide bonds. The minimum atomic E-state index is -2.17. The van der Waals surface area contributed by atoms with Crippen molar-refractivity contribution in [1.29, 1.82) is 0 Å². The molecule has 0 nitrogen and oxygen atoms in total. The Kier molecular flexibility index (Phi) is 16.9. The van der Waals surface area contributed by atoms with Crippen molar-refractivity contribution in [3.05, 3.63) is 22.3 Å². The van der Waals surface area contributed by atoms with Gasteiger partial charge in [0.2, 0.25) is 0 Å². The van der Waals surface area contributed by atoms with E-state index in [4.69, 9.17) is 0 Å². The van der Waals surface area contributed by atoms with Crippen molar-refractivity contribution >= 4 is 18.4 Å². The average Bonchev–Trinajstić information content (AvgIpc) is 2.61. The minimum absolute atomic E-state index is 1.10. The molecule has 24 heavy (non-hydrogen) atoms. The summed E-state index contributed by atoms with van der Waals surface area (Å²) in [6.07, 6.45) is 21.5. The van der Waals surface area contributed by atoms with Gasteiger partial charge in [0.15, 0.2) is 0 Å². The predicted molar refractivity (Wildman–Crippen MR) is 117 cm³/mol. The first-order valence-corrected chi connectivity index (χ1v) is 18.5. The van der Waals surface area contributed by atoms with Gasteiger partial charge in [-0.05, 0) is 0 Å². The third kappa shape index (κ3) is 10.3. The van der Waals surface area contributed by atoms with Gasteiger partial charge in [0.25, 0.3) is 0 Å². The fourth-order valence-electron chi connectivity index (χ4n) is 3.95. The Morgan fingerprint density at radius 1 is 0.708 bits per heavy atom. The Balaban J connectivity index is 5.31. The average molecular weight is 441 g/mol. The van der Waals surface area contributed by atoms with E-state index in [0.717, 1.165) is 6.42 Å². The molecule has 0 aromatic carbocycles. The number of hydrogen-bond acceptors (Lipinski definition) is 0. The molecule has 0 atom stereocenters. The predicted octanol–water partition coefficient (Wildman–Crippen LogP) is 8.85. The van der Waals surface area contributed by atoms with Crippen LogP contribution in [-0.2, 0) is 0 Å². The van der Waals surface area contributed by atoms with Crippen LogP contribution in [0.2, 0.25) is 13.3 Å². The van der Waals surface area contributed by atoms with Gasteiger partial charge in [-0.2, -0.15) is 0 Å². The van der Waals surface area contributed by atoms with Gasteiger partial charge in [0.1, 0.15) is 0 Å². The summed E-state index contributed by atoms with van der Waals surface area (Å²) in [6, 6.07) is 0. The van der Waals surface area contributed by atoms with E-state index in [0.29, 0.717) is 0 Å². The summed E-state index contributed by atoms with van der Waals surface area (Å²) in [5.74, 6) is 0. The monoisotopic (exact) mass is 442 g/mol. The third-order valence-corrected chi connectivity index (χ3v) is 21.9. The number of allylic oxidation sites excluding steroid dienone is 3. The van der Waals surface area contributed by atoms with E-state index in [9.17, 15) is 0 Å². The van der Waals surface area contributed by atoms with Gasteiger partial charge < -0.3 is 0 Å². The molecule has 0 aromatic heterocycles. The van der Waals surface area contributed by atoms with Gasteiger partial charge in [-0.3, -0.25) is 0 Å². The first-order chi connectivity index (χ1) is 11.7. The second-order valence-corrected chi connectivity index (χ2v) is 21.1. The van der Waals surface area contributed by atoms with Crippen LogP contribution < -0.4 is 0 Å². The van der Waals surface area contributed by atoms with Crippen LogP contribution in [0.1, 0.15) is 105 Å². The molecule has 142 valence electrons. The van der Waals surface area contributed by atoms with Crippen molar-refractivity contribution in [3.8, 4) is 0 Å². The number of unbranched alkanes of at least 4 members (excludes halogenated alkanes) is 6. The summed E-state index contributed by atoms with van der Waals surface area (Å²) >= 11 is -2.17. The van der Waals surface area contributed by atoms with E-state index in [1.807, 2.05) is 3.59 Å². The zero-order valence-electron chi connectivity index (χ0n) is 17.5. The molecule has 0 saturated carbocycles. The summed E-state index contributed by atoms with van der Waals surface area (Å²) in [6.45, 7) is 13.4.